The van der Waals surface area contributed by atoms with Crippen molar-refractivity contribution in [2.75, 3.05) is 30.7 Å². The summed E-state index contributed by atoms with van der Waals surface area (Å²) < 4.78 is 52.1. The number of amides is 2. The molecule has 198 valence electrons. The van der Waals surface area contributed by atoms with Crippen molar-refractivity contribution in [3.8, 4) is 11.1 Å². The highest BCUT2D eigenvalue weighted by molar-refractivity contribution is 5.91. The molecule has 0 radical (unpaired) electrons. The van der Waals surface area contributed by atoms with Gasteiger partial charge in [-0.3, -0.25) is 4.79 Å². The number of imidazole rings is 1. The minimum absolute atomic E-state index is 0.230. The minimum atomic E-state index is -4.63. The number of hydrogen-bond acceptors (Lipinski definition) is 7. The Hall–Kier alpha value is -3.87. The van der Waals surface area contributed by atoms with Crippen molar-refractivity contribution >= 4 is 29.3 Å². The Morgan fingerprint density at radius 1 is 1.19 bits per heavy atom. The zero-order chi connectivity index (χ0) is 27.0. The summed E-state index contributed by atoms with van der Waals surface area (Å²) in [5, 5.41) is 2.64. The number of nitrogens with one attached hydrogen (secondary N) is 1. The average molecular weight is 521 g/mol. The molecule has 3 aromatic rings. The number of nitrogens with zero attached hydrogens (tertiary/aromatic N) is 4. The number of nitrogens with two attached hydrogens (primary N) is 1. The van der Waals surface area contributed by atoms with Gasteiger partial charge in [-0.25, -0.2) is 14.8 Å². The number of hydrogen-bond donors (Lipinski definition) is 2. The standard InChI is InChI=1S/C24H27F3N6O4/c1-23(2,3)37-22(35)32-7-6-16(11-32)36-13-20(34)31-18-12-33-10-14(4-5-19(33)30-18)15-8-17(24(25,26)27)21(28)29-9-15/h4-5,8-10,12,16H,6-7,11,13H2,1-3H3,(H2,28,29)(H,31,34)/t16-/m1/s1. The SMILES string of the molecule is CC(C)(C)OC(=O)N1CC[C@@H](OCC(=O)Nc2cn3cc(-c4cnc(N)c(C(F)(F)F)c4)ccc3n2)C1. The molecule has 1 atom stereocenters. The van der Waals surface area contributed by atoms with Gasteiger partial charge in [0.25, 0.3) is 5.91 Å². The van der Waals surface area contributed by atoms with Crippen molar-refractivity contribution in [3.05, 3.63) is 42.4 Å². The van der Waals surface area contributed by atoms with Gasteiger partial charge in [-0.15, -0.1) is 0 Å². The smallest absolute Gasteiger partial charge is 0.419 e. The van der Waals surface area contributed by atoms with Crippen LogP contribution in [-0.4, -0.2) is 62.7 Å². The third kappa shape index (κ3) is 6.47. The first kappa shape index (κ1) is 26.2. The van der Waals surface area contributed by atoms with Crippen molar-refractivity contribution < 1.29 is 32.2 Å². The Kier molecular flexibility index (Phi) is 7.00. The summed E-state index contributed by atoms with van der Waals surface area (Å²) >= 11 is 0. The number of rotatable bonds is 5. The topological polar surface area (TPSA) is 124 Å². The second-order valence-corrected chi connectivity index (χ2v) is 9.66. The highest BCUT2D eigenvalue weighted by Gasteiger charge is 2.34. The number of likely N-dealkylation sites (tertiary alicyclic amines) is 1. The molecular formula is C24H27F3N6O4. The molecule has 3 N–H and O–H groups in total. The lowest BCUT2D eigenvalue weighted by Gasteiger charge is -2.24. The predicted molar refractivity (Wildman–Crippen MR) is 129 cm³/mol. The second-order valence-electron chi connectivity index (χ2n) is 9.66. The van der Waals surface area contributed by atoms with E-state index in [1.54, 1.807) is 48.4 Å². The Morgan fingerprint density at radius 2 is 1.95 bits per heavy atom. The number of carbonyl (C=O) groups is 2. The number of halogens is 3. The number of nitrogen functional groups attached to an aromatic ring is 1. The van der Waals surface area contributed by atoms with Crippen molar-refractivity contribution in [1.82, 2.24) is 19.3 Å². The molecule has 0 aliphatic carbocycles. The van der Waals surface area contributed by atoms with E-state index in [0.29, 0.717) is 30.7 Å². The molecule has 37 heavy (non-hydrogen) atoms. The first-order valence-electron chi connectivity index (χ1n) is 11.5. The molecule has 4 heterocycles. The maximum absolute atomic E-state index is 13.2. The Balaban J connectivity index is 1.36. The third-order valence-corrected chi connectivity index (χ3v) is 5.52. The molecule has 0 bridgehead atoms. The average Bonchev–Trinajstić information content (AvgIpc) is 3.42. The molecule has 1 aliphatic heterocycles. The molecule has 0 aromatic carbocycles. The van der Waals surface area contributed by atoms with E-state index in [2.05, 4.69) is 15.3 Å². The van der Waals surface area contributed by atoms with Gasteiger partial charge in [0.05, 0.1) is 24.4 Å². The van der Waals surface area contributed by atoms with E-state index in [1.807, 2.05) is 0 Å². The molecule has 13 heteroatoms. The number of anilines is 2. The first-order chi connectivity index (χ1) is 17.3. The normalized spacial score (nSPS) is 16.3. The third-order valence-electron chi connectivity index (χ3n) is 5.52. The zero-order valence-electron chi connectivity index (χ0n) is 20.5. The summed E-state index contributed by atoms with van der Waals surface area (Å²) in [5.74, 6) is -0.779. The van der Waals surface area contributed by atoms with Crippen LogP contribution in [0.4, 0.5) is 29.6 Å². The molecule has 1 fully saturated rings. The Labute approximate surface area is 210 Å². The summed E-state index contributed by atoms with van der Waals surface area (Å²) in [4.78, 5) is 34.0. The van der Waals surface area contributed by atoms with Gasteiger partial charge < -0.3 is 29.8 Å². The fourth-order valence-electron chi connectivity index (χ4n) is 3.81. The maximum Gasteiger partial charge on any atom is 0.419 e. The molecule has 10 nitrogen and oxygen atoms in total. The molecule has 0 spiro atoms. The van der Waals surface area contributed by atoms with Gasteiger partial charge in [0, 0.05) is 30.1 Å². The fourth-order valence-corrected chi connectivity index (χ4v) is 3.81. The molecule has 4 rings (SSSR count). The lowest BCUT2D eigenvalue weighted by molar-refractivity contribution is -0.137. The van der Waals surface area contributed by atoms with Crippen molar-refractivity contribution in [1.29, 1.82) is 0 Å². The number of pyridine rings is 2. The van der Waals surface area contributed by atoms with Crippen LogP contribution in [0, 0.1) is 0 Å². The zero-order valence-corrected chi connectivity index (χ0v) is 20.5. The second kappa shape index (κ2) is 9.88. The summed E-state index contributed by atoms with van der Waals surface area (Å²) in [5.41, 5.74) is 4.94. The van der Waals surface area contributed by atoms with Gasteiger partial charge in [0.15, 0.2) is 5.82 Å². The lowest BCUT2D eigenvalue weighted by atomic mass is 10.1. The van der Waals surface area contributed by atoms with Crippen LogP contribution in [0.25, 0.3) is 16.8 Å². The van der Waals surface area contributed by atoms with Crippen LogP contribution in [0.1, 0.15) is 32.8 Å². The molecule has 0 saturated carbocycles. The van der Waals surface area contributed by atoms with E-state index in [0.717, 1.165) is 6.07 Å². The van der Waals surface area contributed by atoms with E-state index in [1.165, 1.54) is 12.4 Å². The maximum atomic E-state index is 13.2. The van der Waals surface area contributed by atoms with Crippen LogP contribution in [0.3, 0.4) is 0 Å². The number of aromatic nitrogens is 3. The molecule has 3 aromatic heterocycles. The number of alkyl halides is 3. The van der Waals surface area contributed by atoms with Gasteiger partial charge >= 0.3 is 12.3 Å². The van der Waals surface area contributed by atoms with E-state index in [-0.39, 0.29) is 24.1 Å². The fraction of sp³-hybridized carbons (Fsp3) is 0.417. The van der Waals surface area contributed by atoms with Crippen LogP contribution in [0.5, 0.6) is 0 Å². The minimum Gasteiger partial charge on any atom is -0.444 e. The van der Waals surface area contributed by atoms with Gasteiger partial charge in [0.1, 0.15) is 23.7 Å². The van der Waals surface area contributed by atoms with Gasteiger partial charge in [-0.05, 0) is 45.4 Å². The van der Waals surface area contributed by atoms with Crippen LogP contribution in [-0.2, 0) is 20.4 Å². The van der Waals surface area contributed by atoms with E-state index >= 15 is 0 Å². The summed E-state index contributed by atoms with van der Waals surface area (Å²) in [6.45, 7) is 5.94. The van der Waals surface area contributed by atoms with Gasteiger partial charge in [0.2, 0.25) is 0 Å². The number of fused-ring (bicyclic) bond motifs is 1. The molecule has 2 amide bonds. The highest BCUT2D eigenvalue weighted by atomic mass is 19.4. The summed E-state index contributed by atoms with van der Waals surface area (Å²) in [7, 11) is 0. The lowest BCUT2D eigenvalue weighted by Crippen LogP contribution is -2.36. The molecular weight excluding hydrogens is 493 g/mol. The molecule has 1 saturated heterocycles. The summed E-state index contributed by atoms with van der Waals surface area (Å²) in [6.07, 6.45) is -0.390. The van der Waals surface area contributed by atoms with Crippen molar-refractivity contribution in [2.24, 2.45) is 0 Å². The first-order valence-corrected chi connectivity index (χ1v) is 11.5. The van der Waals surface area contributed by atoms with E-state index in [9.17, 15) is 22.8 Å². The van der Waals surface area contributed by atoms with Crippen LogP contribution >= 0.6 is 0 Å². The summed E-state index contributed by atoms with van der Waals surface area (Å²) in [6, 6.07) is 4.14. The van der Waals surface area contributed by atoms with Crippen molar-refractivity contribution in [3.63, 3.8) is 0 Å². The predicted octanol–water partition coefficient (Wildman–Crippen LogP) is 3.96. The van der Waals surface area contributed by atoms with Crippen LogP contribution < -0.4 is 11.1 Å². The quantitative estimate of drug-likeness (QED) is 0.522. The number of ether oxygens (including phenoxy) is 2. The number of carbonyl (C=O) groups excluding carboxylic acids is 2. The van der Waals surface area contributed by atoms with E-state index < -0.39 is 35.2 Å². The highest BCUT2D eigenvalue weighted by Crippen LogP contribution is 2.35. The Morgan fingerprint density at radius 3 is 2.65 bits per heavy atom. The molecule has 0 unspecified atom stereocenters. The Bertz CT molecular complexity index is 1320. The molecule has 1 aliphatic rings. The monoisotopic (exact) mass is 520 g/mol. The van der Waals surface area contributed by atoms with Crippen LogP contribution in [0.15, 0.2) is 36.8 Å². The van der Waals surface area contributed by atoms with Gasteiger partial charge in [-0.2, -0.15) is 13.2 Å². The van der Waals surface area contributed by atoms with Gasteiger partial charge in [-0.1, -0.05) is 0 Å². The van der Waals surface area contributed by atoms with E-state index in [4.69, 9.17) is 15.2 Å². The largest absolute Gasteiger partial charge is 0.444 e. The van der Waals surface area contributed by atoms with Crippen LogP contribution in [0.2, 0.25) is 0 Å². The van der Waals surface area contributed by atoms with Crippen molar-refractivity contribution in [2.45, 2.75) is 45.1 Å².